The van der Waals surface area contributed by atoms with Gasteiger partial charge in [-0.2, -0.15) is 0 Å². The maximum atomic E-state index is 14.9. The van der Waals surface area contributed by atoms with Gasteiger partial charge in [0.2, 0.25) is 17.7 Å². The smallest absolute Gasteiger partial charge is 0.255 e. The fourth-order valence-electron chi connectivity index (χ4n) is 6.21. The lowest BCUT2D eigenvalue weighted by atomic mass is 10.0. The molecule has 2 unspecified atom stereocenters. The summed E-state index contributed by atoms with van der Waals surface area (Å²) in [4.78, 5) is 56.1. The number of likely N-dealkylation sites (N-methyl/N-ethyl adjacent to an activating group) is 1. The zero-order valence-electron chi connectivity index (χ0n) is 31.2. The van der Waals surface area contributed by atoms with Crippen molar-refractivity contribution in [1.82, 2.24) is 25.4 Å². The normalized spacial score (nSPS) is 21.8. The molecule has 2 aliphatic rings. The largest absolute Gasteiger partial charge is 0.483 e. The van der Waals surface area contributed by atoms with Crippen LogP contribution in [0.4, 0.5) is 4.39 Å². The fourth-order valence-corrected chi connectivity index (χ4v) is 6.21. The molecule has 0 radical (unpaired) electrons. The van der Waals surface area contributed by atoms with Gasteiger partial charge < -0.3 is 35.9 Å². The first-order valence-corrected chi connectivity index (χ1v) is 18.4. The SMILES string of the molecule is CC(C)CC1NC(=O)c2cccc(F)c2OC/C(N)=C/N(N)CCCCCCCCNC(=O)CN(C)C(=O)C2CCCN2C1=O.Cc1ccccc1. The molecule has 6 N–H and O–H groups in total. The van der Waals surface area contributed by atoms with Crippen LogP contribution in [0.25, 0.3) is 0 Å². The Bertz CT molecular complexity index is 1490. The number of benzene rings is 2. The van der Waals surface area contributed by atoms with Gasteiger partial charge in [0.05, 0.1) is 17.8 Å². The third-order valence-corrected chi connectivity index (χ3v) is 8.92. The van der Waals surface area contributed by atoms with Gasteiger partial charge in [0, 0.05) is 32.9 Å². The highest BCUT2D eigenvalue weighted by Gasteiger charge is 2.39. The van der Waals surface area contributed by atoms with E-state index in [4.69, 9.17) is 16.3 Å². The highest BCUT2D eigenvalue weighted by Crippen LogP contribution is 2.25. The number of carbonyl (C=O) groups is 4. The minimum Gasteiger partial charge on any atom is -0.483 e. The topological polar surface area (TPSA) is 163 Å². The number of nitrogens with one attached hydrogen (secondary N) is 2. The van der Waals surface area contributed by atoms with Crippen LogP contribution in [0.2, 0.25) is 0 Å². The molecule has 13 heteroatoms. The first-order chi connectivity index (χ1) is 24.9. The number of carbonyl (C=O) groups excluding carboxylic acids is 4. The minimum absolute atomic E-state index is 0.0232. The molecule has 0 aromatic heterocycles. The zero-order chi connectivity index (χ0) is 38.0. The average molecular weight is 724 g/mol. The lowest BCUT2D eigenvalue weighted by molar-refractivity contribution is -0.145. The summed E-state index contributed by atoms with van der Waals surface area (Å²) in [5.74, 6) is 3.37. The van der Waals surface area contributed by atoms with E-state index >= 15 is 0 Å². The summed E-state index contributed by atoms with van der Waals surface area (Å²) >= 11 is 0. The maximum Gasteiger partial charge on any atom is 0.255 e. The number of para-hydroxylation sites is 1. The van der Waals surface area contributed by atoms with Crippen LogP contribution in [0.1, 0.15) is 87.6 Å². The molecule has 1 fully saturated rings. The molecule has 2 atom stereocenters. The molecule has 0 bridgehead atoms. The Morgan fingerprint density at radius 3 is 2.27 bits per heavy atom. The molecular formula is C39H58FN7O5. The van der Waals surface area contributed by atoms with E-state index in [0.717, 1.165) is 38.5 Å². The molecule has 2 aromatic carbocycles. The van der Waals surface area contributed by atoms with E-state index in [2.05, 4.69) is 29.7 Å². The molecule has 0 aliphatic carbocycles. The number of amides is 4. The predicted octanol–water partition coefficient (Wildman–Crippen LogP) is 4.24. The van der Waals surface area contributed by atoms with Crippen molar-refractivity contribution in [1.29, 1.82) is 0 Å². The third kappa shape index (κ3) is 13.8. The van der Waals surface area contributed by atoms with Gasteiger partial charge in [0.15, 0.2) is 11.6 Å². The van der Waals surface area contributed by atoms with Crippen LogP contribution in [-0.4, -0.2) is 90.4 Å². The first kappa shape index (κ1) is 41.8. The quantitative estimate of drug-likeness (QED) is 0.335. The number of hydrogen-bond acceptors (Lipinski definition) is 8. The van der Waals surface area contributed by atoms with Crippen LogP contribution < -0.4 is 26.9 Å². The predicted molar refractivity (Wildman–Crippen MR) is 200 cm³/mol. The monoisotopic (exact) mass is 723 g/mol. The highest BCUT2D eigenvalue weighted by atomic mass is 19.1. The number of rotatable bonds is 2. The number of hydrazine groups is 1. The number of nitrogens with zero attached hydrogens (tertiary/aromatic N) is 3. The van der Waals surface area contributed by atoms with E-state index in [-0.39, 0.29) is 47.9 Å². The molecule has 2 heterocycles. The number of nitrogens with two attached hydrogens (primary N) is 2. The summed E-state index contributed by atoms with van der Waals surface area (Å²) in [6.07, 6.45) is 8.57. The summed E-state index contributed by atoms with van der Waals surface area (Å²) in [5, 5.41) is 7.11. The van der Waals surface area contributed by atoms with Crippen molar-refractivity contribution < 1.29 is 28.3 Å². The summed E-state index contributed by atoms with van der Waals surface area (Å²) < 4.78 is 20.6. The van der Waals surface area contributed by atoms with Gasteiger partial charge in [-0.3, -0.25) is 19.2 Å². The Morgan fingerprint density at radius 1 is 0.904 bits per heavy atom. The lowest BCUT2D eigenvalue weighted by Crippen LogP contribution is -2.54. The standard InChI is InChI=1S/C32H50FN7O5.C7H8/c1-22(2)18-26-31(43)40-17-11-14-27(40)32(44)38(3)20-28(41)36-15-8-6-4-5-7-9-16-39(35)19-23(34)21-45-29-24(30(42)37-26)12-10-13-25(29)33;1-7-5-3-2-4-6-7/h10,12-13,19,22,26-27H,4-9,11,14-18,20-21,34-35H2,1-3H3,(H,36,41)(H,37,42);2-6H,1H3/b23-19-;. The maximum absolute atomic E-state index is 14.9. The van der Waals surface area contributed by atoms with Crippen molar-refractivity contribution in [3.63, 3.8) is 0 Å². The van der Waals surface area contributed by atoms with Crippen molar-refractivity contribution in [2.75, 3.05) is 39.8 Å². The van der Waals surface area contributed by atoms with Gasteiger partial charge in [-0.05, 0) is 57.1 Å². The second-order valence-electron chi connectivity index (χ2n) is 14.0. The third-order valence-electron chi connectivity index (χ3n) is 8.92. The van der Waals surface area contributed by atoms with Crippen molar-refractivity contribution in [3.8, 4) is 5.75 Å². The summed E-state index contributed by atoms with van der Waals surface area (Å²) in [5.41, 5.74) is 7.58. The van der Waals surface area contributed by atoms with Crippen molar-refractivity contribution in [2.24, 2.45) is 17.5 Å². The summed E-state index contributed by atoms with van der Waals surface area (Å²) in [6.45, 7) is 7.05. The highest BCUT2D eigenvalue weighted by molar-refractivity contribution is 6.00. The van der Waals surface area contributed by atoms with Crippen LogP contribution >= 0.6 is 0 Å². The molecule has 286 valence electrons. The van der Waals surface area contributed by atoms with Crippen molar-refractivity contribution in [3.05, 3.63) is 77.4 Å². The molecule has 1 saturated heterocycles. The molecule has 2 aliphatic heterocycles. The Morgan fingerprint density at radius 2 is 1.60 bits per heavy atom. The Kier molecular flexibility index (Phi) is 17.4. The fraction of sp³-hybridized carbons (Fsp3) is 0.538. The van der Waals surface area contributed by atoms with Crippen LogP contribution in [0.15, 0.2) is 60.4 Å². The van der Waals surface area contributed by atoms with E-state index in [1.807, 2.05) is 32.0 Å². The van der Waals surface area contributed by atoms with E-state index in [0.29, 0.717) is 38.9 Å². The second kappa shape index (κ2) is 21.7. The summed E-state index contributed by atoms with van der Waals surface area (Å²) in [7, 11) is 1.56. The van der Waals surface area contributed by atoms with Crippen LogP contribution in [-0.2, 0) is 14.4 Å². The van der Waals surface area contributed by atoms with Gasteiger partial charge in [-0.15, -0.1) is 0 Å². The van der Waals surface area contributed by atoms with Crippen LogP contribution in [0.5, 0.6) is 5.75 Å². The van der Waals surface area contributed by atoms with E-state index < -0.39 is 29.7 Å². The van der Waals surface area contributed by atoms with Gasteiger partial charge in [0.25, 0.3) is 5.91 Å². The minimum atomic E-state index is -0.968. The molecule has 12 nitrogen and oxygen atoms in total. The van der Waals surface area contributed by atoms with Crippen LogP contribution in [0, 0.1) is 18.7 Å². The molecule has 52 heavy (non-hydrogen) atoms. The van der Waals surface area contributed by atoms with Crippen molar-refractivity contribution >= 4 is 23.6 Å². The second-order valence-corrected chi connectivity index (χ2v) is 14.0. The number of hydrogen-bond donors (Lipinski definition) is 4. The van der Waals surface area contributed by atoms with Gasteiger partial charge in [-0.25, -0.2) is 10.2 Å². The van der Waals surface area contributed by atoms with Gasteiger partial charge in [-0.1, -0.05) is 81.5 Å². The Hall–Kier alpha value is -4.65. The van der Waals surface area contributed by atoms with Crippen molar-refractivity contribution in [2.45, 2.75) is 90.6 Å². The average Bonchev–Trinajstić information content (AvgIpc) is 3.59. The van der Waals surface area contributed by atoms with E-state index in [1.54, 1.807) is 7.05 Å². The molecule has 4 amide bonds. The summed E-state index contributed by atoms with van der Waals surface area (Å²) in [6, 6.07) is 12.5. The Balaban J connectivity index is 0.000000927. The molecule has 0 saturated carbocycles. The molecular weight excluding hydrogens is 665 g/mol. The van der Waals surface area contributed by atoms with Crippen LogP contribution in [0.3, 0.4) is 0 Å². The number of fused-ring (bicyclic) bond motifs is 2. The van der Waals surface area contributed by atoms with Gasteiger partial charge >= 0.3 is 0 Å². The number of aryl methyl sites for hydroxylation is 1. The molecule has 4 rings (SSSR count). The molecule has 2 aromatic rings. The van der Waals surface area contributed by atoms with E-state index in [9.17, 15) is 23.6 Å². The molecule has 0 spiro atoms. The van der Waals surface area contributed by atoms with E-state index in [1.165, 1.54) is 44.8 Å². The number of ether oxygens (including phenoxy) is 1. The van der Waals surface area contributed by atoms with Gasteiger partial charge in [0.1, 0.15) is 18.7 Å². The lowest BCUT2D eigenvalue weighted by Gasteiger charge is -2.31. The first-order valence-electron chi connectivity index (χ1n) is 18.4. The Labute approximate surface area is 308 Å². The number of halogens is 1. The zero-order valence-corrected chi connectivity index (χ0v) is 31.2.